The predicted octanol–water partition coefficient (Wildman–Crippen LogP) is -0.0472. The third-order valence-electron chi connectivity index (χ3n) is 3.32. The minimum Gasteiger partial charge on any atom is -0.461 e. The Morgan fingerprint density at radius 2 is 2.24 bits per heavy atom. The van der Waals surface area contributed by atoms with Crippen LogP contribution >= 0.6 is 0 Å². The molecule has 0 amide bonds. The van der Waals surface area contributed by atoms with Crippen LogP contribution in [-0.4, -0.2) is 74.4 Å². The fourth-order valence-corrected chi connectivity index (χ4v) is 2.58. The van der Waals surface area contributed by atoms with Crippen molar-refractivity contribution in [2.75, 3.05) is 40.3 Å². The van der Waals surface area contributed by atoms with Gasteiger partial charge in [0.2, 0.25) is 0 Å². The highest BCUT2D eigenvalue weighted by atomic mass is 16.6. The van der Waals surface area contributed by atoms with Crippen LogP contribution in [-0.2, 0) is 14.3 Å². The van der Waals surface area contributed by atoms with E-state index in [4.69, 9.17) is 9.47 Å². The maximum absolute atomic E-state index is 11.7. The van der Waals surface area contributed by atoms with E-state index in [1.54, 1.807) is 0 Å². The molecule has 2 aliphatic rings. The van der Waals surface area contributed by atoms with E-state index >= 15 is 0 Å². The molecule has 2 fully saturated rings. The molecule has 98 valence electrons. The normalized spacial score (nSPS) is 35.3. The number of ether oxygens (including phenoxy) is 2. The number of rotatable bonds is 3. The van der Waals surface area contributed by atoms with Crippen molar-refractivity contribution in [1.29, 1.82) is 0 Å². The molecule has 2 rings (SSSR count). The zero-order valence-corrected chi connectivity index (χ0v) is 10.9. The second-order valence-corrected chi connectivity index (χ2v) is 5.25. The van der Waals surface area contributed by atoms with Crippen LogP contribution in [0.15, 0.2) is 0 Å². The Balaban J connectivity index is 1.90. The molecule has 2 aliphatic heterocycles. The molecule has 0 radical (unpaired) electrons. The van der Waals surface area contributed by atoms with Crippen molar-refractivity contribution in [3.05, 3.63) is 0 Å². The van der Waals surface area contributed by atoms with Crippen LogP contribution in [0.3, 0.4) is 0 Å². The Morgan fingerprint density at radius 1 is 1.47 bits per heavy atom. The van der Waals surface area contributed by atoms with Crippen LogP contribution in [0, 0.1) is 0 Å². The van der Waals surface area contributed by atoms with E-state index in [0.29, 0.717) is 6.61 Å². The van der Waals surface area contributed by atoms with Crippen LogP contribution < -0.4 is 0 Å². The fraction of sp³-hybridized carbons (Fsp3) is 0.917. The number of nitrogens with zero attached hydrogens (tertiary/aromatic N) is 2. The lowest BCUT2D eigenvalue weighted by Gasteiger charge is -2.36. The van der Waals surface area contributed by atoms with Crippen molar-refractivity contribution in [2.24, 2.45) is 0 Å². The third-order valence-corrected chi connectivity index (χ3v) is 3.32. The molecule has 17 heavy (non-hydrogen) atoms. The number of hydrogen-bond donors (Lipinski definition) is 0. The van der Waals surface area contributed by atoms with E-state index in [-0.39, 0.29) is 24.2 Å². The quantitative estimate of drug-likeness (QED) is 0.649. The fourth-order valence-electron chi connectivity index (χ4n) is 2.58. The zero-order valence-electron chi connectivity index (χ0n) is 10.9. The number of morpholine rings is 1. The van der Waals surface area contributed by atoms with Gasteiger partial charge in [-0.25, -0.2) is 0 Å². The third kappa shape index (κ3) is 3.18. The second kappa shape index (κ2) is 5.33. The van der Waals surface area contributed by atoms with Crippen molar-refractivity contribution in [3.63, 3.8) is 0 Å². The average molecular weight is 242 g/mol. The molecule has 0 unspecified atom stereocenters. The minimum atomic E-state index is -0.0667. The summed E-state index contributed by atoms with van der Waals surface area (Å²) >= 11 is 0. The van der Waals surface area contributed by atoms with Crippen LogP contribution in [0.25, 0.3) is 0 Å². The van der Waals surface area contributed by atoms with Gasteiger partial charge in [-0.15, -0.1) is 0 Å². The van der Waals surface area contributed by atoms with Gasteiger partial charge < -0.3 is 14.4 Å². The maximum atomic E-state index is 11.7. The molecule has 0 bridgehead atoms. The summed E-state index contributed by atoms with van der Waals surface area (Å²) in [7, 11) is 4.07. The summed E-state index contributed by atoms with van der Waals surface area (Å²) in [6, 6.07) is -0.0569. The first-order valence-corrected chi connectivity index (χ1v) is 6.27. The number of carbonyl (C=O) groups excluding carboxylic acids is 1. The topological polar surface area (TPSA) is 42.0 Å². The summed E-state index contributed by atoms with van der Waals surface area (Å²) < 4.78 is 10.9. The Bertz CT molecular complexity index is 283. The van der Waals surface area contributed by atoms with E-state index in [2.05, 4.69) is 9.80 Å². The highest BCUT2D eigenvalue weighted by Crippen LogP contribution is 2.22. The molecule has 0 saturated carbocycles. The number of cyclic esters (lactones) is 1. The SMILES string of the molecule is C[C@@H]1C[C@@H](N2CCO[C@@H](CN(C)C)C2)C(=O)O1. The van der Waals surface area contributed by atoms with Gasteiger partial charge >= 0.3 is 5.97 Å². The van der Waals surface area contributed by atoms with Crippen molar-refractivity contribution < 1.29 is 14.3 Å². The minimum absolute atomic E-state index is 0.0569. The summed E-state index contributed by atoms with van der Waals surface area (Å²) in [6.07, 6.45) is 1.07. The summed E-state index contributed by atoms with van der Waals surface area (Å²) in [4.78, 5) is 16.0. The van der Waals surface area contributed by atoms with Crippen LogP contribution in [0.4, 0.5) is 0 Å². The monoisotopic (exact) mass is 242 g/mol. The Kier molecular flexibility index (Phi) is 4.01. The summed E-state index contributed by atoms with van der Waals surface area (Å²) in [5.74, 6) is -0.0667. The molecule has 0 aromatic heterocycles. The van der Waals surface area contributed by atoms with E-state index in [0.717, 1.165) is 26.1 Å². The van der Waals surface area contributed by atoms with E-state index in [1.165, 1.54) is 0 Å². The zero-order chi connectivity index (χ0) is 12.4. The van der Waals surface area contributed by atoms with E-state index in [9.17, 15) is 4.79 Å². The van der Waals surface area contributed by atoms with Crippen molar-refractivity contribution in [1.82, 2.24) is 9.80 Å². The first kappa shape index (κ1) is 12.8. The van der Waals surface area contributed by atoms with Gasteiger partial charge in [0.25, 0.3) is 0 Å². The number of carbonyl (C=O) groups is 1. The number of hydrogen-bond acceptors (Lipinski definition) is 5. The van der Waals surface area contributed by atoms with Crippen molar-refractivity contribution in [2.45, 2.75) is 31.6 Å². The van der Waals surface area contributed by atoms with Gasteiger partial charge in [-0.3, -0.25) is 9.69 Å². The highest BCUT2D eigenvalue weighted by molar-refractivity contribution is 5.78. The highest BCUT2D eigenvalue weighted by Gasteiger charge is 2.38. The first-order valence-electron chi connectivity index (χ1n) is 6.27. The molecule has 0 aromatic carbocycles. The lowest BCUT2D eigenvalue weighted by molar-refractivity contribution is -0.147. The molecule has 2 saturated heterocycles. The van der Waals surface area contributed by atoms with Crippen LogP contribution in [0.5, 0.6) is 0 Å². The van der Waals surface area contributed by atoms with Crippen LogP contribution in [0.2, 0.25) is 0 Å². The van der Waals surface area contributed by atoms with Crippen LogP contribution in [0.1, 0.15) is 13.3 Å². The first-order chi connectivity index (χ1) is 8.06. The summed E-state index contributed by atoms with van der Waals surface area (Å²) in [6.45, 7) is 5.21. The molecule has 3 atom stereocenters. The number of likely N-dealkylation sites (N-methyl/N-ethyl adjacent to an activating group) is 1. The smallest absolute Gasteiger partial charge is 0.323 e. The lowest BCUT2D eigenvalue weighted by Crippen LogP contribution is -2.51. The van der Waals surface area contributed by atoms with Gasteiger partial charge in [0.15, 0.2) is 0 Å². The Morgan fingerprint density at radius 3 is 2.82 bits per heavy atom. The molecular weight excluding hydrogens is 220 g/mol. The van der Waals surface area contributed by atoms with Crippen molar-refractivity contribution >= 4 is 5.97 Å². The number of esters is 1. The summed E-state index contributed by atoms with van der Waals surface area (Å²) in [5, 5.41) is 0. The van der Waals surface area contributed by atoms with Gasteiger partial charge in [0.05, 0.1) is 12.7 Å². The molecule has 2 heterocycles. The second-order valence-electron chi connectivity index (χ2n) is 5.25. The predicted molar refractivity (Wildman–Crippen MR) is 63.8 cm³/mol. The molecule has 5 heteroatoms. The lowest BCUT2D eigenvalue weighted by atomic mass is 10.1. The van der Waals surface area contributed by atoms with Gasteiger partial charge in [-0.2, -0.15) is 0 Å². The molecule has 0 aromatic rings. The Labute approximate surface area is 103 Å². The molecule has 0 aliphatic carbocycles. The average Bonchev–Trinajstić information content (AvgIpc) is 2.57. The summed E-state index contributed by atoms with van der Waals surface area (Å²) in [5.41, 5.74) is 0. The molecule has 5 nitrogen and oxygen atoms in total. The van der Waals surface area contributed by atoms with E-state index in [1.807, 2.05) is 21.0 Å². The maximum Gasteiger partial charge on any atom is 0.323 e. The van der Waals surface area contributed by atoms with Crippen molar-refractivity contribution in [3.8, 4) is 0 Å². The molecule has 0 N–H and O–H groups in total. The van der Waals surface area contributed by atoms with Gasteiger partial charge in [-0.05, 0) is 21.0 Å². The molecular formula is C12H22N2O3. The Hall–Kier alpha value is -0.650. The standard InChI is InChI=1S/C12H22N2O3/c1-9-6-11(12(15)17-9)14-4-5-16-10(8-14)7-13(2)3/h9-11H,4-8H2,1-3H3/t9-,10+,11-/m1/s1. The largest absolute Gasteiger partial charge is 0.461 e. The van der Waals surface area contributed by atoms with Gasteiger partial charge in [-0.1, -0.05) is 0 Å². The van der Waals surface area contributed by atoms with Gasteiger partial charge in [0, 0.05) is 26.1 Å². The van der Waals surface area contributed by atoms with E-state index < -0.39 is 0 Å². The molecule has 0 spiro atoms. The van der Waals surface area contributed by atoms with Gasteiger partial charge in [0.1, 0.15) is 12.1 Å².